The number of hydrogen-bond donors (Lipinski definition) is 0. The SMILES string of the molecule is BrCCC1CCCN1c1nccs1. The first kappa shape index (κ1) is 9.46. The molecule has 0 radical (unpaired) electrons. The summed E-state index contributed by atoms with van der Waals surface area (Å²) in [5, 5.41) is 4.35. The van der Waals surface area contributed by atoms with Crippen molar-refractivity contribution in [2.24, 2.45) is 0 Å². The van der Waals surface area contributed by atoms with Crippen LogP contribution in [0, 0.1) is 0 Å². The highest BCUT2D eigenvalue weighted by atomic mass is 79.9. The van der Waals surface area contributed by atoms with Gasteiger partial charge >= 0.3 is 0 Å². The highest BCUT2D eigenvalue weighted by Crippen LogP contribution is 2.28. The van der Waals surface area contributed by atoms with Gasteiger partial charge in [0.15, 0.2) is 5.13 Å². The summed E-state index contributed by atoms with van der Waals surface area (Å²) in [6.07, 6.45) is 5.77. The Labute approximate surface area is 91.1 Å². The van der Waals surface area contributed by atoms with Crippen molar-refractivity contribution < 1.29 is 0 Å². The third-order valence-corrected chi connectivity index (χ3v) is 3.75. The normalized spacial score (nSPS) is 22.5. The molecular weight excluding hydrogens is 248 g/mol. The molecule has 72 valence electrons. The maximum Gasteiger partial charge on any atom is 0.185 e. The van der Waals surface area contributed by atoms with Gasteiger partial charge in [0.1, 0.15) is 0 Å². The molecule has 0 saturated carbocycles. The molecule has 0 aliphatic carbocycles. The largest absolute Gasteiger partial charge is 0.345 e. The van der Waals surface area contributed by atoms with Gasteiger partial charge in [0.2, 0.25) is 0 Å². The highest BCUT2D eigenvalue weighted by Gasteiger charge is 2.25. The maximum atomic E-state index is 4.36. The Kier molecular flexibility index (Phi) is 3.22. The molecule has 0 aromatic carbocycles. The summed E-state index contributed by atoms with van der Waals surface area (Å²) in [6, 6.07) is 0.713. The van der Waals surface area contributed by atoms with Crippen LogP contribution in [0.1, 0.15) is 19.3 Å². The number of alkyl halides is 1. The van der Waals surface area contributed by atoms with Gasteiger partial charge in [-0.2, -0.15) is 0 Å². The first-order valence-corrected chi connectivity index (χ1v) is 6.64. The number of rotatable bonds is 3. The van der Waals surface area contributed by atoms with Crippen molar-refractivity contribution in [1.29, 1.82) is 0 Å². The molecule has 4 heteroatoms. The highest BCUT2D eigenvalue weighted by molar-refractivity contribution is 9.09. The van der Waals surface area contributed by atoms with Crippen LogP contribution >= 0.6 is 27.3 Å². The minimum Gasteiger partial charge on any atom is -0.345 e. The van der Waals surface area contributed by atoms with E-state index in [0.717, 1.165) is 5.33 Å². The van der Waals surface area contributed by atoms with Gasteiger partial charge < -0.3 is 4.90 Å². The van der Waals surface area contributed by atoms with Crippen molar-refractivity contribution in [3.05, 3.63) is 11.6 Å². The van der Waals surface area contributed by atoms with E-state index in [4.69, 9.17) is 0 Å². The van der Waals surface area contributed by atoms with E-state index in [0.29, 0.717) is 6.04 Å². The topological polar surface area (TPSA) is 16.1 Å². The first-order chi connectivity index (χ1) is 6.42. The zero-order chi connectivity index (χ0) is 9.10. The van der Waals surface area contributed by atoms with Gasteiger partial charge in [-0.3, -0.25) is 0 Å². The average Bonchev–Trinajstić information content (AvgIpc) is 2.71. The first-order valence-electron chi connectivity index (χ1n) is 4.64. The Morgan fingerprint density at radius 3 is 3.31 bits per heavy atom. The molecule has 0 spiro atoms. The molecule has 2 rings (SSSR count). The molecule has 1 aromatic rings. The predicted molar refractivity (Wildman–Crippen MR) is 60.9 cm³/mol. The van der Waals surface area contributed by atoms with Gasteiger partial charge in [-0.15, -0.1) is 11.3 Å². The quantitative estimate of drug-likeness (QED) is 0.778. The van der Waals surface area contributed by atoms with Crippen molar-refractivity contribution in [3.63, 3.8) is 0 Å². The summed E-state index contributed by atoms with van der Waals surface area (Å²) >= 11 is 5.26. The summed E-state index contributed by atoms with van der Waals surface area (Å²) in [7, 11) is 0. The van der Waals surface area contributed by atoms with Gasteiger partial charge in [0.05, 0.1) is 0 Å². The molecule has 1 unspecified atom stereocenters. The molecule has 1 aliphatic rings. The summed E-state index contributed by atoms with van der Waals surface area (Å²) < 4.78 is 0. The second-order valence-corrected chi connectivity index (χ2v) is 4.95. The monoisotopic (exact) mass is 260 g/mol. The van der Waals surface area contributed by atoms with E-state index >= 15 is 0 Å². The third kappa shape index (κ3) is 2.05. The van der Waals surface area contributed by atoms with Crippen LogP contribution in [0.3, 0.4) is 0 Å². The van der Waals surface area contributed by atoms with Gasteiger partial charge in [-0.25, -0.2) is 4.98 Å². The smallest absolute Gasteiger partial charge is 0.185 e. The lowest BCUT2D eigenvalue weighted by atomic mass is 10.2. The Morgan fingerprint density at radius 1 is 1.69 bits per heavy atom. The number of aromatic nitrogens is 1. The van der Waals surface area contributed by atoms with Crippen LogP contribution in [0.2, 0.25) is 0 Å². The fourth-order valence-electron chi connectivity index (χ4n) is 1.87. The minimum atomic E-state index is 0.713. The standard InChI is InChI=1S/C9H13BrN2S/c10-4-3-8-2-1-6-12(8)9-11-5-7-13-9/h5,7-8H,1-4,6H2. The van der Waals surface area contributed by atoms with E-state index in [1.165, 1.54) is 30.9 Å². The number of hydrogen-bond acceptors (Lipinski definition) is 3. The Hall–Kier alpha value is -0.0900. The van der Waals surface area contributed by atoms with Gasteiger partial charge in [-0.05, 0) is 19.3 Å². The molecule has 1 fully saturated rings. The van der Waals surface area contributed by atoms with Crippen molar-refractivity contribution in [3.8, 4) is 0 Å². The van der Waals surface area contributed by atoms with Gasteiger partial charge in [0, 0.05) is 29.5 Å². The van der Waals surface area contributed by atoms with E-state index in [2.05, 4.69) is 31.2 Å². The Balaban J connectivity index is 2.05. The lowest BCUT2D eigenvalue weighted by Crippen LogP contribution is -2.29. The number of anilines is 1. The van der Waals surface area contributed by atoms with E-state index in [9.17, 15) is 0 Å². The summed E-state index contributed by atoms with van der Waals surface area (Å²) in [6.45, 7) is 1.19. The van der Waals surface area contributed by atoms with Crippen LogP contribution in [0.25, 0.3) is 0 Å². The number of nitrogens with zero attached hydrogens (tertiary/aromatic N) is 2. The molecule has 1 aliphatic heterocycles. The Morgan fingerprint density at radius 2 is 2.62 bits per heavy atom. The molecule has 0 bridgehead atoms. The summed E-state index contributed by atoms with van der Waals surface area (Å²) in [5.41, 5.74) is 0. The lowest BCUT2D eigenvalue weighted by Gasteiger charge is -2.22. The zero-order valence-corrected chi connectivity index (χ0v) is 9.85. The summed E-state index contributed by atoms with van der Waals surface area (Å²) in [5.74, 6) is 0. The van der Waals surface area contributed by atoms with E-state index < -0.39 is 0 Å². The fourth-order valence-corrected chi connectivity index (χ4v) is 3.14. The second kappa shape index (κ2) is 4.42. The van der Waals surface area contributed by atoms with Crippen LogP contribution in [-0.4, -0.2) is 22.9 Å². The molecular formula is C9H13BrN2S. The lowest BCUT2D eigenvalue weighted by molar-refractivity contribution is 0.651. The van der Waals surface area contributed by atoms with Crippen LogP contribution in [0.5, 0.6) is 0 Å². The van der Waals surface area contributed by atoms with Crippen LogP contribution in [-0.2, 0) is 0 Å². The van der Waals surface area contributed by atoms with Crippen LogP contribution in [0.15, 0.2) is 11.6 Å². The molecule has 2 heterocycles. The fraction of sp³-hybridized carbons (Fsp3) is 0.667. The molecule has 0 amide bonds. The number of thiazole rings is 1. The number of halogens is 1. The maximum absolute atomic E-state index is 4.36. The van der Waals surface area contributed by atoms with Gasteiger partial charge in [-0.1, -0.05) is 15.9 Å². The zero-order valence-electron chi connectivity index (χ0n) is 7.45. The third-order valence-electron chi connectivity index (χ3n) is 2.48. The second-order valence-electron chi connectivity index (χ2n) is 3.28. The van der Waals surface area contributed by atoms with Crippen molar-refractivity contribution in [2.45, 2.75) is 25.3 Å². The molecule has 13 heavy (non-hydrogen) atoms. The molecule has 1 saturated heterocycles. The average molecular weight is 261 g/mol. The van der Waals surface area contributed by atoms with E-state index in [1.807, 2.05) is 6.20 Å². The van der Waals surface area contributed by atoms with E-state index in [-0.39, 0.29) is 0 Å². The predicted octanol–water partition coefficient (Wildman–Crippen LogP) is 2.90. The molecule has 1 aromatic heterocycles. The minimum absolute atomic E-state index is 0.713. The van der Waals surface area contributed by atoms with Crippen LogP contribution in [0.4, 0.5) is 5.13 Å². The van der Waals surface area contributed by atoms with Gasteiger partial charge in [0.25, 0.3) is 0 Å². The van der Waals surface area contributed by atoms with Crippen LogP contribution < -0.4 is 4.90 Å². The van der Waals surface area contributed by atoms with Crippen molar-refractivity contribution in [2.75, 3.05) is 16.8 Å². The van der Waals surface area contributed by atoms with E-state index in [1.54, 1.807) is 11.3 Å². The molecule has 0 N–H and O–H groups in total. The Bertz CT molecular complexity index is 250. The van der Waals surface area contributed by atoms with Crippen molar-refractivity contribution in [1.82, 2.24) is 4.98 Å². The summed E-state index contributed by atoms with van der Waals surface area (Å²) in [4.78, 5) is 6.81. The molecule has 2 nitrogen and oxygen atoms in total. The molecule has 1 atom stereocenters. The van der Waals surface area contributed by atoms with Crippen molar-refractivity contribution >= 4 is 32.4 Å².